The van der Waals surface area contributed by atoms with E-state index in [9.17, 15) is 8.42 Å². The molecule has 0 aromatic heterocycles. The van der Waals surface area contributed by atoms with Gasteiger partial charge in [-0.05, 0) is 58.5 Å². The predicted molar refractivity (Wildman–Crippen MR) is 90.8 cm³/mol. The number of methoxy groups -OCH3 is 1. The van der Waals surface area contributed by atoms with Crippen LogP contribution in [0.4, 0.5) is 0 Å². The number of hydrogen-bond acceptors (Lipinski definition) is 3. The molecular formula is C15H16INO3S. The van der Waals surface area contributed by atoms with E-state index in [1.165, 1.54) is 4.31 Å². The Labute approximate surface area is 138 Å². The van der Waals surface area contributed by atoms with Crippen molar-refractivity contribution < 1.29 is 13.2 Å². The highest BCUT2D eigenvalue weighted by Crippen LogP contribution is 2.21. The zero-order chi connectivity index (χ0) is 15.5. The normalized spacial score (nSPS) is 11.6. The van der Waals surface area contributed by atoms with Gasteiger partial charge in [-0.25, -0.2) is 8.42 Å². The number of hydrogen-bond donors (Lipinski definition) is 0. The minimum absolute atomic E-state index is 0.261. The van der Waals surface area contributed by atoms with Crippen molar-refractivity contribution in [2.45, 2.75) is 11.4 Å². The van der Waals surface area contributed by atoms with Crippen LogP contribution in [0.25, 0.3) is 0 Å². The lowest BCUT2D eigenvalue weighted by atomic mass is 10.2. The molecule has 0 aliphatic carbocycles. The average Bonchev–Trinajstić information content (AvgIpc) is 2.49. The monoisotopic (exact) mass is 417 g/mol. The second kappa shape index (κ2) is 6.76. The molecule has 0 bridgehead atoms. The van der Waals surface area contributed by atoms with Crippen molar-refractivity contribution in [2.24, 2.45) is 0 Å². The molecule has 2 aromatic carbocycles. The second-order valence-corrected chi connectivity index (χ2v) is 7.74. The maximum Gasteiger partial charge on any atom is 0.243 e. The van der Waals surface area contributed by atoms with Gasteiger partial charge in [0.05, 0.1) is 12.0 Å². The molecule has 0 radical (unpaired) electrons. The van der Waals surface area contributed by atoms with Gasteiger partial charge in [0.15, 0.2) is 0 Å². The fourth-order valence-electron chi connectivity index (χ4n) is 1.88. The van der Waals surface area contributed by atoms with Crippen LogP contribution < -0.4 is 4.74 Å². The lowest BCUT2D eigenvalue weighted by molar-refractivity contribution is 0.414. The summed E-state index contributed by atoms with van der Waals surface area (Å²) in [6.45, 7) is 0.341. The molecule has 0 heterocycles. The molecule has 2 aromatic rings. The minimum Gasteiger partial charge on any atom is -0.497 e. The third kappa shape index (κ3) is 3.75. The van der Waals surface area contributed by atoms with Crippen LogP contribution in [0, 0.1) is 3.57 Å². The summed E-state index contributed by atoms with van der Waals surface area (Å²) in [7, 11) is -0.370. The van der Waals surface area contributed by atoms with Crippen molar-refractivity contribution in [3.8, 4) is 5.75 Å². The highest BCUT2D eigenvalue weighted by atomic mass is 127. The predicted octanol–water partition coefficient (Wildman–Crippen LogP) is 3.12. The summed E-state index contributed by atoms with van der Waals surface area (Å²) in [5.74, 6) is 0.634. The number of benzene rings is 2. The molecule has 6 heteroatoms. The number of ether oxygens (including phenoxy) is 1. The second-order valence-electron chi connectivity index (χ2n) is 4.53. The lowest BCUT2D eigenvalue weighted by Crippen LogP contribution is -2.26. The molecule has 2 rings (SSSR count). The van der Waals surface area contributed by atoms with Crippen molar-refractivity contribution in [2.75, 3.05) is 14.2 Å². The van der Waals surface area contributed by atoms with E-state index in [4.69, 9.17) is 4.74 Å². The van der Waals surface area contributed by atoms with Crippen molar-refractivity contribution in [1.29, 1.82) is 0 Å². The first-order chi connectivity index (χ1) is 9.95. The summed E-state index contributed by atoms with van der Waals surface area (Å²) in [4.78, 5) is 0.261. The Bertz CT molecular complexity index is 714. The summed E-state index contributed by atoms with van der Waals surface area (Å²) in [5.41, 5.74) is 0.984. The topological polar surface area (TPSA) is 46.6 Å². The number of nitrogens with zero attached hydrogens (tertiary/aromatic N) is 1. The zero-order valence-corrected chi connectivity index (χ0v) is 14.8. The van der Waals surface area contributed by atoms with Gasteiger partial charge in [-0.1, -0.05) is 18.2 Å². The molecule has 0 spiro atoms. The molecule has 0 amide bonds. The molecule has 21 heavy (non-hydrogen) atoms. The molecule has 0 aliphatic rings. The largest absolute Gasteiger partial charge is 0.497 e. The van der Waals surface area contributed by atoms with Crippen LogP contribution in [0.2, 0.25) is 0 Å². The highest BCUT2D eigenvalue weighted by Gasteiger charge is 2.21. The van der Waals surface area contributed by atoms with Crippen molar-refractivity contribution >= 4 is 32.6 Å². The molecule has 112 valence electrons. The van der Waals surface area contributed by atoms with Gasteiger partial charge in [0, 0.05) is 17.2 Å². The van der Waals surface area contributed by atoms with Crippen LogP contribution in [0.1, 0.15) is 5.56 Å². The molecule has 4 nitrogen and oxygen atoms in total. The van der Waals surface area contributed by atoms with Gasteiger partial charge in [0.25, 0.3) is 0 Å². The fraction of sp³-hybridized carbons (Fsp3) is 0.200. The first kappa shape index (κ1) is 16.3. The molecule has 0 N–H and O–H groups in total. The zero-order valence-electron chi connectivity index (χ0n) is 11.8. The van der Waals surface area contributed by atoms with E-state index < -0.39 is 10.0 Å². The average molecular weight is 417 g/mol. The van der Waals surface area contributed by atoms with Gasteiger partial charge in [-0.2, -0.15) is 4.31 Å². The Morgan fingerprint density at radius 3 is 2.29 bits per heavy atom. The first-order valence-electron chi connectivity index (χ1n) is 6.29. The van der Waals surface area contributed by atoms with E-state index >= 15 is 0 Å². The standard InChI is InChI=1S/C15H16INO3S/c1-17(11-12-5-3-4-6-15(12)16)21(18,19)14-9-7-13(20-2)8-10-14/h3-10H,11H2,1-2H3. The Hall–Kier alpha value is -1.12. The smallest absolute Gasteiger partial charge is 0.243 e. The van der Waals surface area contributed by atoms with Gasteiger partial charge in [0.2, 0.25) is 10.0 Å². The Kier molecular flexibility index (Phi) is 5.23. The van der Waals surface area contributed by atoms with Gasteiger partial charge in [-0.15, -0.1) is 0 Å². The molecule has 0 fully saturated rings. The molecule has 0 aliphatic heterocycles. The molecule has 0 saturated heterocycles. The Balaban J connectivity index is 2.24. The number of sulfonamides is 1. The van der Waals surface area contributed by atoms with Crippen molar-refractivity contribution in [3.63, 3.8) is 0 Å². The van der Waals surface area contributed by atoms with Crippen LogP contribution in [0.3, 0.4) is 0 Å². The maximum absolute atomic E-state index is 12.5. The maximum atomic E-state index is 12.5. The summed E-state index contributed by atoms with van der Waals surface area (Å²) in [6, 6.07) is 14.1. The third-order valence-electron chi connectivity index (χ3n) is 3.12. The van der Waals surface area contributed by atoms with Crippen LogP contribution >= 0.6 is 22.6 Å². The number of rotatable bonds is 5. The Morgan fingerprint density at radius 2 is 1.71 bits per heavy atom. The van der Waals surface area contributed by atoms with E-state index in [0.717, 1.165) is 9.13 Å². The summed E-state index contributed by atoms with van der Waals surface area (Å²) in [6.07, 6.45) is 0. The first-order valence-corrected chi connectivity index (χ1v) is 8.81. The Morgan fingerprint density at radius 1 is 1.10 bits per heavy atom. The van der Waals surface area contributed by atoms with Crippen LogP contribution in [0.5, 0.6) is 5.75 Å². The van der Waals surface area contributed by atoms with E-state index in [1.807, 2.05) is 24.3 Å². The van der Waals surface area contributed by atoms with Gasteiger partial charge >= 0.3 is 0 Å². The SMILES string of the molecule is COc1ccc(S(=O)(=O)N(C)Cc2ccccc2I)cc1. The number of halogens is 1. The van der Waals surface area contributed by atoms with Crippen molar-refractivity contribution in [1.82, 2.24) is 4.31 Å². The molecular weight excluding hydrogens is 401 g/mol. The van der Waals surface area contributed by atoms with Crippen LogP contribution in [-0.4, -0.2) is 26.9 Å². The van der Waals surface area contributed by atoms with Crippen LogP contribution in [0.15, 0.2) is 53.4 Å². The van der Waals surface area contributed by atoms with E-state index in [0.29, 0.717) is 12.3 Å². The van der Waals surface area contributed by atoms with E-state index in [1.54, 1.807) is 38.4 Å². The lowest BCUT2D eigenvalue weighted by Gasteiger charge is -2.18. The van der Waals surface area contributed by atoms with Gasteiger partial charge < -0.3 is 4.74 Å². The summed E-state index contributed by atoms with van der Waals surface area (Å²) in [5, 5.41) is 0. The van der Waals surface area contributed by atoms with Gasteiger partial charge in [0.1, 0.15) is 5.75 Å². The fourth-order valence-corrected chi connectivity index (χ4v) is 3.59. The quantitative estimate of drug-likeness (QED) is 0.703. The van der Waals surface area contributed by atoms with Crippen molar-refractivity contribution in [3.05, 3.63) is 57.7 Å². The van der Waals surface area contributed by atoms with Gasteiger partial charge in [-0.3, -0.25) is 0 Å². The van der Waals surface area contributed by atoms with E-state index in [2.05, 4.69) is 22.6 Å². The third-order valence-corrected chi connectivity index (χ3v) is 5.99. The minimum atomic E-state index is -3.50. The highest BCUT2D eigenvalue weighted by molar-refractivity contribution is 14.1. The molecule has 0 atom stereocenters. The molecule has 0 saturated carbocycles. The molecule has 0 unspecified atom stereocenters. The van der Waals surface area contributed by atoms with Crippen LogP contribution in [-0.2, 0) is 16.6 Å². The summed E-state index contributed by atoms with van der Waals surface area (Å²) < 4.78 is 32.5. The summed E-state index contributed by atoms with van der Waals surface area (Å²) >= 11 is 2.21. The van der Waals surface area contributed by atoms with E-state index in [-0.39, 0.29) is 4.90 Å².